The Balaban J connectivity index is 1.73. The van der Waals surface area contributed by atoms with Crippen LogP contribution in [0.15, 0.2) is 30.3 Å². The molecule has 1 saturated carbocycles. The van der Waals surface area contributed by atoms with Crippen molar-refractivity contribution in [3.63, 3.8) is 0 Å². The normalized spacial score (nSPS) is 31.0. The van der Waals surface area contributed by atoms with E-state index in [0.29, 0.717) is 18.8 Å². The third-order valence-electron chi connectivity index (χ3n) is 5.58. The molecule has 1 heterocycles. The smallest absolute Gasteiger partial charge is 0.320 e. The van der Waals surface area contributed by atoms with Crippen molar-refractivity contribution in [3.8, 4) is 0 Å². The number of carbonyl (C=O) groups is 2. The lowest BCUT2D eigenvalue weighted by Gasteiger charge is -2.44. The molecule has 1 aromatic carbocycles. The fourth-order valence-electron chi connectivity index (χ4n) is 4.34. The van der Waals surface area contributed by atoms with E-state index >= 15 is 0 Å². The molecule has 24 heavy (non-hydrogen) atoms. The monoisotopic (exact) mass is 330 g/mol. The first-order valence-corrected chi connectivity index (χ1v) is 8.88. The van der Waals surface area contributed by atoms with Crippen molar-refractivity contribution >= 4 is 11.8 Å². The Labute approximate surface area is 142 Å². The molecule has 4 N–H and O–H groups in total. The largest absolute Gasteiger partial charge is 0.480 e. The van der Waals surface area contributed by atoms with Gasteiger partial charge < -0.3 is 10.8 Å². The Kier molecular flexibility index (Phi) is 5.31. The lowest BCUT2D eigenvalue weighted by Crippen LogP contribution is -2.61. The minimum atomic E-state index is -0.867. The first-order chi connectivity index (χ1) is 11.6. The van der Waals surface area contributed by atoms with E-state index < -0.39 is 24.1 Å². The quantitative estimate of drug-likeness (QED) is 0.765. The molecule has 1 aromatic rings. The van der Waals surface area contributed by atoms with E-state index in [9.17, 15) is 14.7 Å². The molecule has 130 valence electrons. The van der Waals surface area contributed by atoms with E-state index in [2.05, 4.69) is 5.32 Å². The summed E-state index contributed by atoms with van der Waals surface area (Å²) in [6.07, 6.45) is 5.36. The van der Waals surface area contributed by atoms with Gasteiger partial charge in [-0.25, -0.2) is 0 Å². The van der Waals surface area contributed by atoms with Crippen LogP contribution in [0, 0.1) is 11.8 Å². The third-order valence-corrected chi connectivity index (χ3v) is 5.58. The molecule has 0 amide bonds. The number of Topliss-reactive ketones (excluding diaryl/α,β-unsaturated/α-hetero) is 1. The summed E-state index contributed by atoms with van der Waals surface area (Å²) >= 11 is 0. The Bertz CT molecular complexity index is 590. The van der Waals surface area contributed by atoms with Gasteiger partial charge in [0.2, 0.25) is 0 Å². The van der Waals surface area contributed by atoms with E-state index in [1.54, 1.807) is 0 Å². The molecule has 0 bridgehead atoms. The fourth-order valence-corrected chi connectivity index (χ4v) is 4.34. The number of aliphatic carboxylic acids is 1. The van der Waals surface area contributed by atoms with Crippen molar-refractivity contribution in [3.05, 3.63) is 35.9 Å². The van der Waals surface area contributed by atoms with Gasteiger partial charge in [-0.15, -0.1) is 0 Å². The minimum absolute atomic E-state index is 0.0401. The summed E-state index contributed by atoms with van der Waals surface area (Å²) in [5, 5.41) is 12.5. The van der Waals surface area contributed by atoms with Gasteiger partial charge in [-0.3, -0.25) is 14.9 Å². The van der Waals surface area contributed by atoms with Crippen LogP contribution in [0.25, 0.3) is 0 Å². The number of nitrogens with one attached hydrogen (secondary N) is 1. The molecule has 1 aliphatic heterocycles. The van der Waals surface area contributed by atoms with Crippen LogP contribution in [0.1, 0.15) is 37.7 Å². The van der Waals surface area contributed by atoms with E-state index in [0.717, 1.165) is 31.2 Å². The van der Waals surface area contributed by atoms with E-state index in [-0.39, 0.29) is 11.7 Å². The van der Waals surface area contributed by atoms with Crippen LogP contribution in [0.5, 0.6) is 0 Å². The standard InChI is InChI=1S/C19H26N2O3/c20-15(10-12-6-2-1-3-7-12)18(22)17-14-9-5-4-8-13(14)11-16(21-17)19(23)24/h1-3,6-7,13-17,21H,4-5,8-11,20H2,(H,23,24). The second-order valence-electron chi connectivity index (χ2n) is 7.18. The average molecular weight is 330 g/mol. The maximum Gasteiger partial charge on any atom is 0.320 e. The average Bonchev–Trinajstić information content (AvgIpc) is 2.60. The summed E-state index contributed by atoms with van der Waals surface area (Å²) in [5.41, 5.74) is 7.22. The molecule has 0 radical (unpaired) electrons. The maximum absolute atomic E-state index is 12.9. The zero-order valence-electron chi connectivity index (χ0n) is 13.9. The summed E-state index contributed by atoms with van der Waals surface area (Å²) in [4.78, 5) is 24.4. The first-order valence-electron chi connectivity index (χ1n) is 8.88. The predicted molar refractivity (Wildman–Crippen MR) is 91.5 cm³/mol. The summed E-state index contributed by atoms with van der Waals surface area (Å²) < 4.78 is 0. The molecule has 1 aliphatic carbocycles. The molecule has 2 aliphatic rings. The Morgan fingerprint density at radius 3 is 2.62 bits per heavy atom. The van der Waals surface area contributed by atoms with E-state index in [1.165, 1.54) is 0 Å². The Morgan fingerprint density at radius 2 is 1.92 bits per heavy atom. The van der Waals surface area contributed by atoms with Crippen LogP contribution in [0.3, 0.4) is 0 Å². The fraction of sp³-hybridized carbons (Fsp3) is 0.579. The van der Waals surface area contributed by atoms with Gasteiger partial charge in [0, 0.05) is 0 Å². The van der Waals surface area contributed by atoms with E-state index in [1.807, 2.05) is 30.3 Å². The molecule has 2 fully saturated rings. The van der Waals surface area contributed by atoms with Gasteiger partial charge in [0.15, 0.2) is 5.78 Å². The van der Waals surface area contributed by atoms with E-state index in [4.69, 9.17) is 5.73 Å². The Hall–Kier alpha value is -1.72. The predicted octanol–water partition coefficient (Wildman–Crippen LogP) is 1.75. The number of hydrogen-bond donors (Lipinski definition) is 3. The molecule has 3 rings (SSSR count). The zero-order chi connectivity index (χ0) is 17.1. The van der Waals surface area contributed by atoms with Gasteiger partial charge in [-0.2, -0.15) is 0 Å². The Morgan fingerprint density at radius 1 is 1.21 bits per heavy atom. The molecule has 5 atom stereocenters. The van der Waals surface area contributed by atoms with Crippen molar-refractivity contribution in [2.24, 2.45) is 17.6 Å². The van der Waals surface area contributed by atoms with Gasteiger partial charge in [0.05, 0.1) is 12.1 Å². The SMILES string of the molecule is NC(Cc1ccccc1)C(=O)C1NC(C(=O)O)CC2CCCCC21. The van der Waals surface area contributed by atoms with Gasteiger partial charge in [0.25, 0.3) is 0 Å². The van der Waals surface area contributed by atoms with Gasteiger partial charge >= 0.3 is 5.97 Å². The molecule has 0 spiro atoms. The second-order valence-corrected chi connectivity index (χ2v) is 7.18. The number of benzene rings is 1. The summed E-state index contributed by atoms with van der Waals surface area (Å²) in [6.45, 7) is 0. The third kappa shape index (κ3) is 3.68. The van der Waals surface area contributed by atoms with Crippen molar-refractivity contribution in [1.82, 2.24) is 5.32 Å². The number of carboxylic acid groups (broad SMARTS) is 1. The minimum Gasteiger partial charge on any atom is -0.480 e. The summed E-state index contributed by atoms with van der Waals surface area (Å²) in [5.74, 6) is -0.363. The van der Waals surface area contributed by atoms with Crippen molar-refractivity contribution in [2.75, 3.05) is 0 Å². The number of hydrogen-bond acceptors (Lipinski definition) is 4. The highest BCUT2D eigenvalue weighted by atomic mass is 16.4. The lowest BCUT2D eigenvalue weighted by atomic mass is 9.68. The molecular weight excluding hydrogens is 304 g/mol. The number of fused-ring (bicyclic) bond motifs is 1. The topological polar surface area (TPSA) is 92.4 Å². The maximum atomic E-state index is 12.9. The van der Waals surface area contributed by atoms with Crippen LogP contribution in [-0.2, 0) is 16.0 Å². The number of rotatable bonds is 5. The molecule has 5 heteroatoms. The van der Waals surface area contributed by atoms with Crippen molar-refractivity contribution < 1.29 is 14.7 Å². The zero-order valence-corrected chi connectivity index (χ0v) is 13.9. The van der Waals surface area contributed by atoms with Gasteiger partial charge in [-0.05, 0) is 36.7 Å². The number of carboxylic acids is 1. The number of nitrogens with two attached hydrogens (primary N) is 1. The van der Waals surface area contributed by atoms with Crippen LogP contribution >= 0.6 is 0 Å². The van der Waals surface area contributed by atoms with Crippen LogP contribution in [-0.4, -0.2) is 35.0 Å². The van der Waals surface area contributed by atoms with Gasteiger partial charge in [0.1, 0.15) is 6.04 Å². The summed E-state index contributed by atoms with van der Waals surface area (Å²) in [7, 11) is 0. The van der Waals surface area contributed by atoms with Crippen molar-refractivity contribution in [1.29, 1.82) is 0 Å². The number of piperidine rings is 1. The highest BCUT2D eigenvalue weighted by molar-refractivity contribution is 5.90. The molecular formula is C19H26N2O3. The second kappa shape index (κ2) is 7.45. The molecule has 0 aromatic heterocycles. The van der Waals surface area contributed by atoms with Crippen LogP contribution in [0.2, 0.25) is 0 Å². The first kappa shape index (κ1) is 17.1. The van der Waals surface area contributed by atoms with Crippen LogP contribution < -0.4 is 11.1 Å². The highest BCUT2D eigenvalue weighted by Crippen LogP contribution is 2.39. The molecule has 5 nitrogen and oxygen atoms in total. The highest BCUT2D eigenvalue weighted by Gasteiger charge is 2.44. The number of ketones is 1. The van der Waals surface area contributed by atoms with Crippen LogP contribution in [0.4, 0.5) is 0 Å². The number of carbonyl (C=O) groups excluding carboxylic acids is 1. The van der Waals surface area contributed by atoms with Crippen molar-refractivity contribution in [2.45, 2.75) is 56.7 Å². The summed E-state index contributed by atoms with van der Waals surface area (Å²) in [6, 6.07) is 8.07. The lowest BCUT2D eigenvalue weighted by molar-refractivity contribution is -0.143. The molecule has 5 unspecified atom stereocenters. The molecule has 1 saturated heterocycles. The van der Waals surface area contributed by atoms with Gasteiger partial charge in [-0.1, -0.05) is 49.6 Å².